The zero-order chi connectivity index (χ0) is 19.3. The predicted octanol–water partition coefficient (Wildman–Crippen LogP) is 8.22. The molecule has 150 valence electrons. The Morgan fingerprint density at radius 1 is 0.571 bits per heavy atom. The first kappa shape index (κ1) is 19.7. The van der Waals surface area contributed by atoms with E-state index in [0.717, 1.165) is 11.8 Å². The molecule has 0 bridgehead atoms. The highest BCUT2D eigenvalue weighted by Crippen LogP contribution is 2.38. The van der Waals surface area contributed by atoms with Gasteiger partial charge in [-0.15, -0.1) is 0 Å². The second-order valence-electron chi connectivity index (χ2n) is 9.63. The van der Waals surface area contributed by atoms with Crippen molar-refractivity contribution in [3.05, 3.63) is 58.7 Å². The van der Waals surface area contributed by atoms with Crippen LogP contribution in [0.1, 0.15) is 86.5 Å². The normalized spacial score (nSPS) is 19.1. The summed E-state index contributed by atoms with van der Waals surface area (Å²) in [6, 6.07) is 14.1. The van der Waals surface area contributed by atoms with Crippen LogP contribution in [0, 0.1) is 25.7 Å². The maximum atomic E-state index is 2.42. The standard InChI is InChI=1S/C28H38/c1-21-11-9-17-25(19-23-13-5-3-6-14-23)27(21)28-22(2)12-10-18-26(28)20-24-15-7-4-8-16-24/h9-12,17-18,23-24H,3-8,13-16,19-20H2,1-2H3. The van der Waals surface area contributed by atoms with E-state index in [9.17, 15) is 0 Å². The van der Waals surface area contributed by atoms with Crippen LogP contribution >= 0.6 is 0 Å². The first-order valence-corrected chi connectivity index (χ1v) is 11.9. The summed E-state index contributed by atoms with van der Waals surface area (Å²) >= 11 is 0. The minimum Gasteiger partial charge on any atom is -0.0617 e. The van der Waals surface area contributed by atoms with E-state index in [1.807, 2.05) is 0 Å². The number of aryl methyl sites for hydroxylation is 2. The van der Waals surface area contributed by atoms with Gasteiger partial charge in [-0.05, 0) is 71.9 Å². The predicted molar refractivity (Wildman–Crippen MR) is 122 cm³/mol. The molecule has 2 aromatic carbocycles. The molecule has 0 saturated heterocycles. The summed E-state index contributed by atoms with van der Waals surface area (Å²) in [4.78, 5) is 0. The third-order valence-electron chi connectivity index (χ3n) is 7.43. The van der Waals surface area contributed by atoms with Crippen LogP contribution in [0.25, 0.3) is 11.1 Å². The molecule has 2 fully saturated rings. The minimum absolute atomic E-state index is 0.889. The molecular formula is C28H38. The lowest BCUT2D eigenvalue weighted by atomic mass is 9.78. The monoisotopic (exact) mass is 374 g/mol. The van der Waals surface area contributed by atoms with Gasteiger partial charge in [-0.25, -0.2) is 0 Å². The van der Waals surface area contributed by atoms with Crippen molar-refractivity contribution >= 4 is 0 Å². The molecule has 0 unspecified atom stereocenters. The average molecular weight is 375 g/mol. The molecule has 2 aliphatic rings. The molecule has 2 saturated carbocycles. The first-order valence-electron chi connectivity index (χ1n) is 11.9. The number of hydrogen-bond donors (Lipinski definition) is 0. The summed E-state index contributed by atoms with van der Waals surface area (Å²) in [6.07, 6.45) is 16.9. The van der Waals surface area contributed by atoms with Crippen molar-refractivity contribution in [2.75, 3.05) is 0 Å². The second-order valence-corrected chi connectivity index (χ2v) is 9.63. The van der Waals surface area contributed by atoms with Crippen molar-refractivity contribution in [3.8, 4) is 11.1 Å². The van der Waals surface area contributed by atoms with E-state index < -0.39 is 0 Å². The third-order valence-corrected chi connectivity index (χ3v) is 7.43. The van der Waals surface area contributed by atoms with Crippen molar-refractivity contribution in [3.63, 3.8) is 0 Å². The fourth-order valence-corrected chi connectivity index (χ4v) is 5.92. The highest BCUT2D eigenvalue weighted by Gasteiger charge is 2.21. The quantitative estimate of drug-likeness (QED) is 0.494. The lowest BCUT2D eigenvalue weighted by Gasteiger charge is -2.26. The van der Waals surface area contributed by atoms with Gasteiger partial charge >= 0.3 is 0 Å². The topological polar surface area (TPSA) is 0 Å². The van der Waals surface area contributed by atoms with Gasteiger partial charge in [0.15, 0.2) is 0 Å². The molecule has 0 spiro atoms. The molecule has 0 amide bonds. The van der Waals surface area contributed by atoms with E-state index in [-0.39, 0.29) is 0 Å². The van der Waals surface area contributed by atoms with Gasteiger partial charge < -0.3 is 0 Å². The zero-order valence-corrected chi connectivity index (χ0v) is 18.1. The maximum Gasteiger partial charge on any atom is -0.0117 e. The van der Waals surface area contributed by atoms with Gasteiger partial charge in [-0.2, -0.15) is 0 Å². The lowest BCUT2D eigenvalue weighted by molar-refractivity contribution is 0.356. The van der Waals surface area contributed by atoms with Crippen LogP contribution in [0.2, 0.25) is 0 Å². The van der Waals surface area contributed by atoms with E-state index in [4.69, 9.17) is 0 Å². The molecule has 0 nitrogen and oxygen atoms in total. The summed E-state index contributed by atoms with van der Waals surface area (Å²) < 4.78 is 0. The lowest BCUT2D eigenvalue weighted by Crippen LogP contribution is -2.12. The largest absolute Gasteiger partial charge is 0.0617 e. The summed E-state index contributed by atoms with van der Waals surface area (Å²) in [5.74, 6) is 1.78. The van der Waals surface area contributed by atoms with Gasteiger partial charge in [0.05, 0.1) is 0 Å². The Labute approximate surface area is 172 Å². The molecule has 0 radical (unpaired) electrons. The van der Waals surface area contributed by atoms with Crippen LogP contribution < -0.4 is 0 Å². The van der Waals surface area contributed by atoms with Crippen LogP contribution in [-0.4, -0.2) is 0 Å². The molecule has 0 heterocycles. The van der Waals surface area contributed by atoms with Gasteiger partial charge in [-0.1, -0.05) is 101 Å². The van der Waals surface area contributed by atoms with E-state index in [0.29, 0.717) is 0 Å². The summed E-state index contributed by atoms with van der Waals surface area (Å²) in [5.41, 5.74) is 9.27. The number of rotatable bonds is 5. The number of benzene rings is 2. The average Bonchev–Trinajstić information content (AvgIpc) is 2.71. The van der Waals surface area contributed by atoms with Crippen molar-refractivity contribution in [1.82, 2.24) is 0 Å². The fraction of sp³-hybridized carbons (Fsp3) is 0.571. The molecule has 4 rings (SSSR count). The highest BCUT2D eigenvalue weighted by molar-refractivity contribution is 5.77. The van der Waals surface area contributed by atoms with Gasteiger partial charge in [-0.3, -0.25) is 0 Å². The molecular weight excluding hydrogens is 336 g/mol. The molecule has 0 atom stereocenters. The Morgan fingerprint density at radius 2 is 0.964 bits per heavy atom. The second kappa shape index (κ2) is 9.29. The Morgan fingerprint density at radius 3 is 1.36 bits per heavy atom. The van der Waals surface area contributed by atoms with Crippen LogP contribution in [-0.2, 0) is 12.8 Å². The van der Waals surface area contributed by atoms with Gasteiger partial charge in [0, 0.05) is 0 Å². The van der Waals surface area contributed by atoms with Crippen molar-refractivity contribution in [1.29, 1.82) is 0 Å². The zero-order valence-electron chi connectivity index (χ0n) is 18.1. The van der Waals surface area contributed by atoms with Gasteiger partial charge in [0.25, 0.3) is 0 Å². The molecule has 28 heavy (non-hydrogen) atoms. The Hall–Kier alpha value is -1.56. The van der Waals surface area contributed by atoms with Crippen LogP contribution in [0.5, 0.6) is 0 Å². The van der Waals surface area contributed by atoms with E-state index >= 15 is 0 Å². The molecule has 2 aromatic rings. The summed E-state index contributed by atoms with van der Waals surface area (Å²) in [6.45, 7) is 4.66. The SMILES string of the molecule is Cc1cccc(CC2CCCCC2)c1-c1c(C)cccc1CC1CCCCC1. The highest BCUT2D eigenvalue weighted by atomic mass is 14.3. The van der Waals surface area contributed by atoms with E-state index in [2.05, 4.69) is 50.2 Å². The Balaban J connectivity index is 1.69. The third kappa shape index (κ3) is 4.53. The van der Waals surface area contributed by atoms with Gasteiger partial charge in [0.1, 0.15) is 0 Å². The first-order chi connectivity index (χ1) is 13.7. The fourth-order valence-electron chi connectivity index (χ4n) is 5.92. The van der Waals surface area contributed by atoms with Crippen molar-refractivity contribution in [2.45, 2.75) is 90.9 Å². The molecule has 2 aliphatic carbocycles. The van der Waals surface area contributed by atoms with E-state index in [1.54, 1.807) is 22.3 Å². The van der Waals surface area contributed by atoms with Crippen LogP contribution in [0.3, 0.4) is 0 Å². The van der Waals surface area contributed by atoms with Crippen molar-refractivity contribution in [2.24, 2.45) is 11.8 Å². The Bertz CT molecular complexity index is 705. The molecule has 0 aromatic heterocycles. The summed E-state index contributed by atoms with van der Waals surface area (Å²) in [7, 11) is 0. The molecule has 0 aliphatic heterocycles. The Kier molecular flexibility index (Phi) is 6.55. The number of hydrogen-bond acceptors (Lipinski definition) is 0. The maximum absolute atomic E-state index is 2.42. The summed E-state index contributed by atoms with van der Waals surface area (Å²) in [5, 5.41) is 0. The van der Waals surface area contributed by atoms with Crippen LogP contribution in [0.4, 0.5) is 0 Å². The molecule has 0 N–H and O–H groups in total. The van der Waals surface area contributed by atoms with Crippen molar-refractivity contribution < 1.29 is 0 Å². The van der Waals surface area contributed by atoms with E-state index in [1.165, 1.54) is 88.2 Å². The minimum atomic E-state index is 0.889. The molecule has 0 heteroatoms. The van der Waals surface area contributed by atoms with Gasteiger partial charge in [0.2, 0.25) is 0 Å². The smallest absolute Gasteiger partial charge is 0.0117 e. The van der Waals surface area contributed by atoms with Crippen LogP contribution in [0.15, 0.2) is 36.4 Å².